The molecule has 1 aliphatic heterocycles. The molecule has 0 bridgehead atoms. The highest BCUT2D eigenvalue weighted by molar-refractivity contribution is 8.00. The lowest BCUT2D eigenvalue weighted by Gasteiger charge is -2.31. The van der Waals surface area contributed by atoms with Crippen LogP contribution in [0.1, 0.15) is 68.3 Å². The van der Waals surface area contributed by atoms with Crippen LogP contribution >= 0.6 is 11.8 Å². The summed E-state index contributed by atoms with van der Waals surface area (Å²) < 4.78 is 0. The molecule has 2 atom stereocenters. The first-order valence-corrected chi connectivity index (χ1v) is 11.3. The maximum absolute atomic E-state index is 13.3. The van der Waals surface area contributed by atoms with Crippen LogP contribution in [0.25, 0.3) is 0 Å². The van der Waals surface area contributed by atoms with Crippen LogP contribution < -0.4 is 5.32 Å². The molecule has 1 saturated carbocycles. The topological polar surface area (TPSA) is 49.4 Å². The summed E-state index contributed by atoms with van der Waals surface area (Å²) in [6.07, 6.45) is 6.67. The van der Waals surface area contributed by atoms with E-state index in [9.17, 15) is 9.59 Å². The second-order valence-electron chi connectivity index (χ2n) is 8.36. The minimum Gasteiger partial charge on any atom is -0.352 e. The second-order valence-corrected chi connectivity index (χ2v) is 9.57. The summed E-state index contributed by atoms with van der Waals surface area (Å²) >= 11 is 1.75. The van der Waals surface area contributed by atoms with Crippen molar-refractivity contribution < 1.29 is 9.59 Å². The molecule has 1 N–H and O–H groups in total. The van der Waals surface area contributed by atoms with Crippen molar-refractivity contribution in [3.8, 4) is 0 Å². The predicted molar refractivity (Wildman–Crippen MR) is 112 cm³/mol. The third-order valence-electron chi connectivity index (χ3n) is 5.55. The molecule has 0 spiro atoms. The molecule has 148 valence electrons. The number of aryl methyl sites for hydroxylation is 1. The normalized spacial score (nSPS) is 23.6. The summed E-state index contributed by atoms with van der Waals surface area (Å²) in [5.41, 5.74) is 1.81. The van der Waals surface area contributed by atoms with Crippen molar-refractivity contribution in [2.75, 3.05) is 5.75 Å². The number of nitrogens with one attached hydrogen (secondary N) is 1. The number of benzene rings is 1. The average Bonchev–Trinajstić information content (AvgIpc) is 3.05. The fourth-order valence-electron chi connectivity index (χ4n) is 4.01. The Labute approximate surface area is 167 Å². The van der Waals surface area contributed by atoms with E-state index >= 15 is 0 Å². The maximum atomic E-state index is 13.3. The lowest BCUT2D eigenvalue weighted by molar-refractivity contribution is -0.125. The van der Waals surface area contributed by atoms with E-state index in [1.807, 2.05) is 36.1 Å². The quantitative estimate of drug-likeness (QED) is 0.815. The van der Waals surface area contributed by atoms with Gasteiger partial charge in [-0.1, -0.05) is 50.8 Å². The smallest absolute Gasteiger partial charge is 0.255 e. The van der Waals surface area contributed by atoms with Gasteiger partial charge in [0, 0.05) is 17.4 Å². The van der Waals surface area contributed by atoms with Crippen LogP contribution in [0, 0.1) is 12.8 Å². The van der Waals surface area contributed by atoms with Gasteiger partial charge in [-0.3, -0.25) is 9.59 Å². The van der Waals surface area contributed by atoms with E-state index < -0.39 is 0 Å². The Morgan fingerprint density at radius 2 is 1.81 bits per heavy atom. The minimum absolute atomic E-state index is 0.0190. The number of thioether (sulfide) groups is 1. The summed E-state index contributed by atoms with van der Waals surface area (Å²) in [6, 6.07) is 7.59. The van der Waals surface area contributed by atoms with Crippen LogP contribution in [0.2, 0.25) is 0 Å². The summed E-state index contributed by atoms with van der Waals surface area (Å²) in [5, 5.41) is 3.30. The van der Waals surface area contributed by atoms with Crippen LogP contribution in [-0.4, -0.2) is 39.9 Å². The Bertz CT molecular complexity index is 653. The van der Waals surface area contributed by atoms with Gasteiger partial charge in [0.25, 0.3) is 5.91 Å². The Balaban J connectivity index is 1.77. The maximum Gasteiger partial charge on any atom is 0.255 e. The average molecular weight is 389 g/mol. The number of carbonyl (C=O) groups excluding carboxylic acids is 2. The number of carbonyl (C=O) groups is 2. The molecule has 2 unspecified atom stereocenters. The van der Waals surface area contributed by atoms with Crippen LogP contribution in [-0.2, 0) is 4.79 Å². The van der Waals surface area contributed by atoms with Crippen molar-refractivity contribution in [3.63, 3.8) is 0 Å². The minimum atomic E-state index is -0.366. The van der Waals surface area contributed by atoms with Gasteiger partial charge in [0.2, 0.25) is 5.91 Å². The van der Waals surface area contributed by atoms with Crippen LogP contribution in [0.5, 0.6) is 0 Å². The Kier molecular flexibility index (Phi) is 6.85. The molecule has 2 amide bonds. The van der Waals surface area contributed by atoms with Gasteiger partial charge in [-0.2, -0.15) is 0 Å². The fourth-order valence-corrected chi connectivity index (χ4v) is 5.65. The number of rotatable bonds is 5. The summed E-state index contributed by atoms with van der Waals surface area (Å²) in [5.74, 6) is 1.18. The van der Waals surface area contributed by atoms with Crippen LogP contribution in [0.3, 0.4) is 0 Å². The first-order valence-electron chi connectivity index (χ1n) is 10.3. The van der Waals surface area contributed by atoms with Crippen molar-refractivity contribution in [1.29, 1.82) is 0 Å². The zero-order valence-electron chi connectivity index (χ0n) is 16.7. The standard InChI is InChI=1S/C22H32N2O2S/c1-15(2)13-20-24(22(26)17-11-9-16(3)10-12-17)19(14-27-20)21(25)23-18-7-5-4-6-8-18/h9-12,15,18-20H,4-8,13-14H2,1-3H3,(H,23,25). The van der Waals surface area contributed by atoms with Crippen molar-refractivity contribution >= 4 is 23.6 Å². The molecule has 2 aliphatic rings. The SMILES string of the molecule is Cc1ccc(C(=O)N2C(CC(C)C)SCC2C(=O)NC2CCCCC2)cc1. The van der Waals surface area contributed by atoms with Crippen molar-refractivity contribution in [2.24, 2.45) is 5.92 Å². The Morgan fingerprint density at radius 3 is 2.44 bits per heavy atom. The van der Waals surface area contributed by atoms with E-state index in [-0.39, 0.29) is 29.3 Å². The van der Waals surface area contributed by atoms with Crippen LogP contribution in [0.15, 0.2) is 24.3 Å². The van der Waals surface area contributed by atoms with Gasteiger partial charge in [-0.15, -0.1) is 11.8 Å². The molecule has 27 heavy (non-hydrogen) atoms. The first kappa shape index (κ1) is 20.2. The molecule has 1 aromatic rings. The van der Waals surface area contributed by atoms with Gasteiger partial charge in [0.1, 0.15) is 6.04 Å². The van der Waals surface area contributed by atoms with Crippen molar-refractivity contribution in [2.45, 2.75) is 76.8 Å². The van der Waals surface area contributed by atoms with Gasteiger partial charge >= 0.3 is 0 Å². The molecule has 5 heteroatoms. The molecular formula is C22H32N2O2S. The Hall–Kier alpha value is -1.49. The van der Waals surface area contributed by atoms with Crippen LogP contribution in [0.4, 0.5) is 0 Å². The molecule has 2 fully saturated rings. The fraction of sp³-hybridized carbons (Fsp3) is 0.636. The number of hydrogen-bond acceptors (Lipinski definition) is 3. The second kappa shape index (κ2) is 9.13. The van der Waals surface area contributed by atoms with Gasteiger partial charge in [-0.05, 0) is 44.2 Å². The largest absolute Gasteiger partial charge is 0.352 e. The molecule has 0 radical (unpaired) electrons. The van der Waals surface area contributed by atoms with E-state index in [1.165, 1.54) is 19.3 Å². The molecular weight excluding hydrogens is 356 g/mol. The highest BCUT2D eigenvalue weighted by Crippen LogP contribution is 2.35. The third kappa shape index (κ3) is 5.07. The van der Waals surface area contributed by atoms with E-state index in [4.69, 9.17) is 0 Å². The molecule has 1 aliphatic carbocycles. The molecule has 1 aromatic carbocycles. The number of hydrogen-bond donors (Lipinski definition) is 1. The van der Waals surface area contributed by atoms with Gasteiger partial charge in [0.05, 0.1) is 5.37 Å². The van der Waals surface area contributed by atoms with Gasteiger partial charge in [-0.25, -0.2) is 0 Å². The lowest BCUT2D eigenvalue weighted by Crippen LogP contribution is -2.52. The molecule has 0 aromatic heterocycles. The summed E-state index contributed by atoms with van der Waals surface area (Å²) in [4.78, 5) is 28.2. The van der Waals surface area contributed by atoms with E-state index in [1.54, 1.807) is 11.8 Å². The highest BCUT2D eigenvalue weighted by Gasteiger charge is 2.42. The van der Waals surface area contributed by atoms with E-state index in [0.717, 1.165) is 24.8 Å². The van der Waals surface area contributed by atoms with Crippen molar-refractivity contribution in [3.05, 3.63) is 35.4 Å². The first-order chi connectivity index (χ1) is 13.0. The molecule has 4 nitrogen and oxygen atoms in total. The van der Waals surface area contributed by atoms with E-state index in [2.05, 4.69) is 19.2 Å². The number of nitrogens with zero attached hydrogens (tertiary/aromatic N) is 1. The van der Waals surface area contributed by atoms with Gasteiger partial charge in [0.15, 0.2) is 0 Å². The van der Waals surface area contributed by atoms with E-state index in [0.29, 0.717) is 17.2 Å². The predicted octanol–water partition coefficient (Wildman–Crippen LogP) is 4.37. The highest BCUT2D eigenvalue weighted by atomic mass is 32.2. The summed E-state index contributed by atoms with van der Waals surface area (Å²) in [7, 11) is 0. The van der Waals surface area contributed by atoms with Crippen molar-refractivity contribution in [1.82, 2.24) is 10.2 Å². The molecule has 3 rings (SSSR count). The van der Waals surface area contributed by atoms with Gasteiger partial charge < -0.3 is 10.2 Å². The third-order valence-corrected chi connectivity index (χ3v) is 6.87. The Morgan fingerprint density at radius 1 is 1.15 bits per heavy atom. The molecule has 1 heterocycles. The lowest BCUT2D eigenvalue weighted by atomic mass is 9.95. The monoisotopic (exact) mass is 388 g/mol. The number of amides is 2. The zero-order valence-corrected chi connectivity index (χ0v) is 17.6. The summed E-state index contributed by atoms with van der Waals surface area (Å²) in [6.45, 7) is 6.36. The molecule has 1 saturated heterocycles. The zero-order chi connectivity index (χ0) is 19.4.